The average molecular weight is 372 g/mol. The highest BCUT2D eigenvalue weighted by Gasteiger charge is 2.46. The van der Waals surface area contributed by atoms with Crippen molar-refractivity contribution >= 4 is 10.0 Å². The summed E-state index contributed by atoms with van der Waals surface area (Å²) >= 11 is 0. The molecule has 2 unspecified atom stereocenters. The van der Waals surface area contributed by atoms with Crippen molar-refractivity contribution < 1.29 is 27.5 Å². The summed E-state index contributed by atoms with van der Waals surface area (Å²) in [7, 11) is 1.35. The number of methoxy groups -OCH3 is 2. The molecular formula is C16H24N2O6S. The molecule has 2 saturated heterocycles. The Bertz CT molecular complexity index is 682. The third-order valence-electron chi connectivity index (χ3n) is 4.61. The van der Waals surface area contributed by atoms with Crippen LogP contribution in [0.2, 0.25) is 0 Å². The highest BCUT2D eigenvalue weighted by molar-refractivity contribution is 7.89. The predicted molar refractivity (Wildman–Crippen MR) is 91.1 cm³/mol. The van der Waals surface area contributed by atoms with Gasteiger partial charge in [-0.2, -0.15) is 9.37 Å². The van der Waals surface area contributed by atoms with Gasteiger partial charge < -0.3 is 14.2 Å². The molecule has 0 aliphatic carbocycles. The first-order chi connectivity index (χ1) is 12.0. The molecule has 0 bridgehead atoms. The highest BCUT2D eigenvalue weighted by Crippen LogP contribution is 2.38. The minimum atomic E-state index is -3.53. The Morgan fingerprint density at radius 3 is 2.24 bits per heavy atom. The number of benzene rings is 1. The molecule has 8 nitrogen and oxygen atoms in total. The standard InChI is InChI=1S/C16H24N2O6S/c1-17-16(12-8-13(21-2)10-14(9-12)22-3)15(11-24-17)25(19,20)18-4-6-23-7-5-18/h8-10,15-16H,4-7,11H2,1-3H3. The maximum atomic E-state index is 13.1. The summed E-state index contributed by atoms with van der Waals surface area (Å²) in [6.07, 6.45) is 0. The maximum absolute atomic E-state index is 13.1. The van der Waals surface area contributed by atoms with E-state index in [9.17, 15) is 8.42 Å². The molecule has 0 amide bonds. The fourth-order valence-corrected chi connectivity index (χ4v) is 5.19. The van der Waals surface area contributed by atoms with E-state index in [1.165, 1.54) is 4.31 Å². The lowest BCUT2D eigenvalue weighted by Gasteiger charge is -2.31. The summed E-state index contributed by atoms with van der Waals surface area (Å²) in [5.41, 5.74) is 0.776. The van der Waals surface area contributed by atoms with E-state index in [1.54, 1.807) is 32.4 Å². The Hall–Kier alpha value is -1.39. The molecule has 0 radical (unpaired) electrons. The van der Waals surface area contributed by atoms with Gasteiger partial charge in [-0.3, -0.25) is 4.84 Å². The number of hydrogen-bond acceptors (Lipinski definition) is 7. The van der Waals surface area contributed by atoms with Crippen LogP contribution in [0.4, 0.5) is 0 Å². The van der Waals surface area contributed by atoms with Gasteiger partial charge >= 0.3 is 0 Å². The van der Waals surface area contributed by atoms with Crippen LogP contribution in [0, 0.1) is 0 Å². The first-order valence-corrected chi connectivity index (χ1v) is 9.63. The molecule has 25 heavy (non-hydrogen) atoms. The second-order valence-electron chi connectivity index (χ2n) is 6.03. The number of morpholine rings is 1. The molecule has 2 fully saturated rings. The normalized spacial score (nSPS) is 25.9. The Labute approximate surface area is 148 Å². The minimum Gasteiger partial charge on any atom is -0.497 e. The number of nitrogens with zero attached hydrogens (tertiary/aromatic N) is 2. The van der Waals surface area contributed by atoms with Crippen molar-refractivity contribution in [2.24, 2.45) is 0 Å². The zero-order chi connectivity index (χ0) is 18.0. The van der Waals surface area contributed by atoms with Gasteiger partial charge in [-0.1, -0.05) is 0 Å². The lowest BCUT2D eigenvalue weighted by atomic mass is 10.0. The van der Waals surface area contributed by atoms with Crippen LogP contribution in [-0.4, -0.2) is 77.2 Å². The Morgan fingerprint density at radius 2 is 1.68 bits per heavy atom. The van der Waals surface area contributed by atoms with E-state index >= 15 is 0 Å². The molecule has 2 atom stereocenters. The van der Waals surface area contributed by atoms with Crippen molar-refractivity contribution in [1.29, 1.82) is 0 Å². The molecule has 1 aromatic carbocycles. The van der Waals surface area contributed by atoms with E-state index in [1.807, 2.05) is 12.1 Å². The molecule has 2 aliphatic rings. The van der Waals surface area contributed by atoms with E-state index in [-0.39, 0.29) is 6.61 Å². The lowest BCUT2D eigenvalue weighted by molar-refractivity contribution is -0.110. The van der Waals surface area contributed by atoms with Crippen LogP contribution >= 0.6 is 0 Å². The summed E-state index contributed by atoms with van der Waals surface area (Å²) in [5.74, 6) is 1.22. The molecule has 2 heterocycles. The van der Waals surface area contributed by atoms with E-state index in [2.05, 4.69) is 0 Å². The first kappa shape index (κ1) is 18.4. The lowest BCUT2D eigenvalue weighted by Crippen LogP contribution is -2.47. The molecule has 3 rings (SSSR count). The molecule has 9 heteroatoms. The summed E-state index contributed by atoms with van der Waals surface area (Å²) in [4.78, 5) is 5.57. The summed E-state index contributed by atoms with van der Waals surface area (Å²) in [6, 6.07) is 4.95. The van der Waals surface area contributed by atoms with Gasteiger partial charge in [0.25, 0.3) is 0 Å². The number of ether oxygens (including phenoxy) is 3. The van der Waals surface area contributed by atoms with Gasteiger partial charge in [-0.25, -0.2) is 8.42 Å². The molecule has 140 valence electrons. The number of hydroxylamine groups is 2. The fraction of sp³-hybridized carbons (Fsp3) is 0.625. The van der Waals surface area contributed by atoms with Crippen LogP contribution in [0.1, 0.15) is 11.6 Å². The molecular weight excluding hydrogens is 348 g/mol. The minimum absolute atomic E-state index is 0.111. The zero-order valence-electron chi connectivity index (χ0n) is 14.7. The second kappa shape index (κ2) is 7.46. The SMILES string of the molecule is COc1cc(OC)cc(C2C(S(=O)(=O)N3CCOCC3)CON2C)c1. The Kier molecular flexibility index (Phi) is 5.49. The molecule has 1 aromatic rings. The van der Waals surface area contributed by atoms with Crippen molar-refractivity contribution in [3.63, 3.8) is 0 Å². The van der Waals surface area contributed by atoms with Crippen LogP contribution in [0.25, 0.3) is 0 Å². The van der Waals surface area contributed by atoms with Gasteiger partial charge in [0.2, 0.25) is 10.0 Å². The fourth-order valence-electron chi connectivity index (χ4n) is 3.26. The number of hydrogen-bond donors (Lipinski definition) is 0. The Balaban J connectivity index is 1.96. The molecule has 0 spiro atoms. The molecule has 0 N–H and O–H groups in total. The third kappa shape index (κ3) is 3.61. The molecule has 0 aromatic heterocycles. The summed E-state index contributed by atoms with van der Waals surface area (Å²) in [6.45, 7) is 1.69. The van der Waals surface area contributed by atoms with Gasteiger partial charge in [0.15, 0.2) is 0 Å². The number of rotatable bonds is 5. The quantitative estimate of drug-likeness (QED) is 0.751. The monoisotopic (exact) mass is 372 g/mol. The molecule has 2 aliphatic heterocycles. The average Bonchev–Trinajstić information content (AvgIpc) is 3.04. The van der Waals surface area contributed by atoms with Gasteiger partial charge in [0.1, 0.15) is 16.7 Å². The van der Waals surface area contributed by atoms with Crippen LogP contribution in [-0.2, 0) is 19.6 Å². The first-order valence-electron chi connectivity index (χ1n) is 8.13. The van der Waals surface area contributed by atoms with E-state index < -0.39 is 21.3 Å². The van der Waals surface area contributed by atoms with E-state index in [0.29, 0.717) is 37.8 Å². The van der Waals surface area contributed by atoms with Crippen LogP contribution in [0.15, 0.2) is 18.2 Å². The summed E-state index contributed by atoms with van der Waals surface area (Å²) < 4.78 is 43.6. The van der Waals surface area contributed by atoms with Crippen LogP contribution in [0.3, 0.4) is 0 Å². The predicted octanol–water partition coefficient (Wildman–Crippen LogP) is 0.653. The second-order valence-corrected chi connectivity index (χ2v) is 8.18. The van der Waals surface area contributed by atoms with E-state index in [0.717, 1.165) is 5.56 Å². The topological polar surface area (TPSA) is 77.5 Å². The van der Waals surface area contributed by atoms with Crippen molar-refractivity contribution in [2.45, 2.75) is 11.3 Å². The van der Waals surface area contributed by atoms with Crippen molar-refractivity contribution in [3.05, 3.63) is 23.8 Å². The van der Waals surface area contributed by atoms with Gasteiger partial charge in [0, 0.05) is 26.2 Å². The van der Waals surface area contributed by atoms with Gasteiger partial charge in [0.05, 0.1) is 40.1 Å². The van der Waals surface area contributed by atoms with Crippen molar-refractivity contribution in [2.75, 3.05) is 54.2 Å². The molecule has 0 saturated carbocycles. The largest absolute Gasteiger partial charge is 0.497 e. The van der Waals surface area contributed by atoms with Crippen molar-refractivity contribution in [3.8, 4) is 11.5 Å². The Morgan fingerprint density at radius 1 is 1.08 bits per heavy atom. The third-order valence-corrected chi connectivity index (χ3v) is 6.86. The number of sulfonamides is 1. The highest BCUT2D eigenvalue weighted by atomic mass is 32.2. The van der Waals surface area contributed by atoms with Crippen LogP contribution in [0.5, 0.6) is 11.5 Å². The van der Waals surface area contributed by atoms with Gasteiger partial charge in [-0.15, -0.1) is 0 Å². The van der Waals surface area contributed by atoms with E-state index in [4.69, 9.17) is 19.0 Å². The zero-order valence-corrected chi connectivity index (χ0v) is 15.5. The van der Waals surface area contributed by atoms with Gasteiger partial charge in [-0.05, 0) is 17.7 Å². The smallest absolute Gasteiger partial charge is 0.221 e. The van der Waals surface area contributed by atoms with Crippen LogP contribution < -0.4 is 9.47 Å². The maximum Gasteiger partial charge on any atom is 0.221 e. The summed E-state index contributed by atoms with van der Waals surface area (Å²) in [5, 5.41) is 0.893. The van der Waals surface area contributed by atoms with Crippen molar-refractivity contribution in [1.82, 2.24) is 9.37 Å².